The molecule has 4 N–H and O–H groups in total. The van der Waals surface area contributed by atoms with Crippen LogP contribution in [0.4, 0.5) is 10.1 Å². The molecule has 0 radical (unpaired) electrons. The topological polar surface area (TPSA) is 130 Å². The molecule has 3 rings (SSSR count). The van der Waals surface area contributed by atoms with Crippen LogP contribution < -0.4 is 21.1 Å². The van der Waals surface area contributed by atoms with Crippen LogP contribution in [0.3, 0.4) is 0 Å². The monoisotopic (exact) mass is 489 g/mol. The Kier molecular flexibility index (Phi) is 9.91. The van der Waals surface area contributed by atoms with Crippen LogP contribution in [0.2, 0.25) is 0 Å². The van der Waals surface area contributed by atoms with Crippen molar-refractivity contribution >= 4 is 17.5 Å². The van der Waals surface area contributed by atoms with Crippen molar-refractivity contribution in [1.29, 1.82) is 5.26 Å². The lowest BCUT2D eigenvalue weighted by molar-refractivity contribution is -0.115. The Balaban J connectivity index is 1.76. The Morgan fingerprint density at radius 3 is 2.50 bits per heavy atom. The zero-order chi connectivity index (χ0) is 25.8. The number of rotatable bonds is 12. The Morgan fingerprint density at radius 2 is 1.81 bits per heavy atom. The molecule has 0 bridgehead atoms. The maximum absolute atomic E-state index is 13.2. The number of nitrogens with one attached hydrogen (secondary N) is 2. The van der Waals surface area contributed by atoms with Crippen LogP contribution in [-0.2, 0) is 17.8 Å². The number of nitrogens with zero attached hydrogens (tertiary/aromatic N) is 2. The number of ether oxygens (including phenoxy) is 1. The molecule has 36 heavy (non-hydrogen) atoms. The van der Waals surface area contributed by atoms with Gasteiger partial charge in [-0.15, -0.1) is 0 Å². The van der Waals surface area contributed by atoms with E-state index in [9.17, 15) is 19.2 Å². The van der Waals surface area contributed by atoms with Crippen molar-refractivity contribution in [3.8, 4) is 11.8 Å². The number of nitriles is 1. The van der Waals surface area contributed by atoms with E-state index in [-0.39, 0.29) is 30.3 Å². The van der Waals surface area contributed by atoms with E-state index in [4.69, 9.17) is 10.5 Å². The fourth-order valence-electron chi connectivity index (χ4n) is 3.42. The summed E-state index contributed by atoms with van der Waals surface area (Å²) in [6.07, 6.45) is 5.29. The Labute approximate surface area is 209 Å². The summed E-state index contributed by atoms with van der Waals surface area (Å²) in [4.78, 5) is 29.5. The second-order valence-electron chi connectivity index (χ2n) is 8.15. The SMILES string of the molecule is N#C[C@H](CCCCN)NC(=O)c1ccc(OCc2ccncc2)c(NC(=O)Cc2ccc(F)cc2)c1. The van der Waals surface area contributed by atoms with E-state index in [2.05, 4.69) is 21.7 Å². The number of carbonyl (C=O) groups excluding carboxylic acids is 2. The molecule has 8 nitrogen and oxygen atoms in total. The molecule has 3 aromatic rings. The minimum atomic E-state index is -0.650. The molecule has 1 aromatic heterocycles. The van der Waals surface area contributed by atoms with Gasteiger partial charge in [0, 0.05) is 18.0 Å². The second-order valence-corrected chi connectivity index (χ2v) is 8.15. The minimum absolute atomic E-state index is 0.0121. The molecule has 186 valence electrons. The van der Waals surface area contributed by atoms with Gasteiger partial charge in [0.05, 0.1) is 18.2 Å². The lowest BCUT2D eigenvalue weighted by atomic mass is 10.1. The highest BCUT2D eigenvalue weighted by molar-refractivity contribution is 5.99. The number of nitrogens with two attached hydrogens (primary N) is 1. The standard InChI is InChI=1S/C27H28FN5O3/c28-22-7-4-19(5-8-22)15-26(34)33-24-16-21(27(35)32-23(17-30)3-1-2-12-29)6-9-25(24)36-18-20-10-13-31-14-11-20/h4-11,13-14,16,23H,1-3,12,15,18,29H2,(H,32,35)(H,33,34)/t23-/m0/s1. The van der Waals surface area contributed by atoms with Gasteiger partial charge in [0.25, 0.3) is 5.91 Å². The summed E-state index contributed by atoms with van der Waals surface area (Å²) in [6.45, 7) is 0.751. The van der Waals surface area contributed by atoms with E-state index in [1.54, 1.807) is 36.7 Å². The van der Waals surface area contributed by atoms with Crippen molar-refractivity contribution in [2.45, 2.75) is 38.3 Å². The van der Waals surface area contributed by atoms with Crippen LogP contribution in [0.15, 0.2) is 67.0 Å². The van der Waals surface area contributed by atoms with Gasteiger partial charge in [-0.2, -0.15) is 5.26 Å². The Hall–Kier alpha value is -4.29. The Bertz CT molecular complexity index is 1200. The normalized spacial score (nSPS) is 11.2. The first-order valence-electron chi connectivity index (χ1n) is 11.6. The lowest BCUT2D eigenvalue weighted by Crippen LogP contribution is -2.33. The molecule has 1 atom stereocenters. The van der Waals surface area contributed by atoms with E-state index < -0.39 is 11.9 Å². The van der Waals surface area contributed by atoms with Gasteiger partial charge >= 0.3 is 0 Å². The minimum Gasteiger partial charge on any atom is -0.487 e. The molecule has 0 fully saturated rings. The molecule has 0 aliphatic rings. The number of hydrogen-bond donors (Lipinski definition) is 3. The number of carbonyl (C=O) groups is 2. The van der Waals surface area contributed by atoms with E-state index in [0.29, 0.717) is 30.0 Å². The molecule has 0 aliphatic heterocycles. The first kappa shape index (κ1) is 26.3. The summed E-state index contributed by atoms with van der Waals surface area (Å²) in [7, 11) is 0. The molecule has 0 spiro atoms. The fourth-order valence-corrected chi connectivity index (χ4v) is 3.42. The summed E-state index contributed by atoms with van der Waals surface area (Å²) >= 11 is 0. The number of halogens is 1. The van der Waals surface area contributed by atoms with Crippen molar-refractivity contribution < 1.29 is 18.7 Å². The third kappa shape index (κ3) is 8.18. The molecule has 0 saturated carbocycles. The van der Waals surface area contributed by atoms with Gasteiger partial charge in [0.1, 0.15) is 24.2 Å². The first-order chi connectivity index (χ1) is 17.5. The van der Waals surface area contributed by atoms with Crippen molar-refractivity contribution in [2.24, 2.45) is 5.73 Å². The molecular weight excluding hydrogens is 461 g/mol. The molecule has 2 aromatic carbocycles. The molecular formula is C27H28FN5O3. The van der Waals surface area contributed by atoms with E-state index in [0.717, 1.165) is 18.4 Å². The van der Waals surface area contributed by atoms with Gasteiger partial charge in [0.15, 0.2) is 0 Å². The van der Waals surface area contributed by atoms with E-state index in [1.165, 1.54) is 30.3 Å². The number of pyridine rings is 1. The maximum atomic E-state index is 13.2. The van der Waals surface area contributed by atoms with Crippen LogP contribution in [0.1, 0.15) is 40.7 Å². The quantitative estimate of drug-likeness (QED) is 0.332. The average Bonchev–Trinajstić information content (AvgIpc) is 2.89. The largest absolute Gasteiger partial charge is 0.487 e. The third-order valence-corrected chi connectivity index (χ3v) is 5.35. The zero-order valence-corrected chi connectivity index (χ0v) is 19.7. The molecule has 2 amide bonds. The fraction of sp³-hybridized carbons (Fsp3) is 0.259. The third-order valence-electron chi connectivity index (χ3n) is 5.35. The number of amides is 2. The average molecular weight is 490 g/mol. The zero-order valence-electron chi connectivity index (χ0n) is 19.7. The highest BCUT2D eigenvalue weighted by atomic mass is 19.1. The predicted molar refractivity (Wildman–Crippen MR) is 134 cm³/mol. The van der Waals surface area contributed by atoms with Gasteiger partial charge in [-0.3, -0.25) is 14.6 Å². The summed E-state index contributed by atoms with van der Waals surface area (Å²) in [5, 5.41) is 14.9. The van der Waals surface area contributed by atoms with E-state index >= 15 is 0 Å². The van der Waals surface area contributed by atoms with Crippen molar-refractivity contribution in [2.75, 3.05) is 11.9 Å². The first-order valence-corrected chi connectivity index (χ1v) is 11.6. The summed E-state index contributed by atoms with van der Waals surface area (Å²) in [5.74, 6) is -0.812. The van der Waals surface area contributed by atoms with E-state index in [1.807, 2.05) is 0 Å². The van der Waals surface area contributed by atoms with Gasteiger partial charge in [0.2, 0.25) is 5.91 Å². The van der Waals surface area contributed by atoms with Crippen LogP contribution in [0.25, 0.3) is 0 Å². The van der Waals surface area contributed by atoms with Crippen LogP contribution in [0, 0.1) is 17.1 Å². The molecule has 9 heteroatoms. The number of benzene rings is 2. The maximum Gasteiger partial charge on any atom is 0.252 e. The van der Waals surface area contributed by atoms with Gasteiger partial charge in [-0.25, -0.2) is 4.39 Å². The van der Waals surface area contributed by atoms with Gasteiger partial charge in [-0.1, -0.05) is 12.1 Å². The molecule has 0 aliphatic carbocycles. The molecule has 0 saturated heterocycles. The van der Waals surface area contributed by atoms with Crippen molar-refractivity contribution in [3.05, 3.63) is 89.5 Å². The molecule has 0 unspecified atom stereocenters. The van der Waals surface area contributed by atoms with Crippen LogP contribution in [0.5, 0.6) is 5.75 Å². The Morgan fingerprint density at radius 1 is 1.06 bits per heavy atom. The van der Waals surface area contributed by atoms with Gasteiger partial charge in [-0.05, 0) is 79.4 Å². The number of hydrogen-bond acceptors (Lipinski definition) is 6. The van der Waals surface area contributed by atoms with Gasteiger partial charge < -0.3 is 21.1 Å². The van der Waals surface area contributed by atoms with Crippen LogP contribution >= 0.6 is 0 Å². The number of anilines is 1. The number of aromatic nitrogens is 1. The lowest BCUT2D eigenvalue weighted by Gasteiger charge is -2.16. The highest BCUT2D eigenvalue weighted by Gasteiger charge is 2.17. The highest BCUT2D eigenvalue weighted by Crippen LogP contribution is 2.27. The predicted octanol–water partition coefficient (Wildman–Crippen LogP) is 3.73. The second kappa shape index (κ2) is 13.6. The van der Waals surface area contributed by atoms with Crippen LogP contribution in [-0.4, -0.2) is 29.4 Å². The van der Waals surface area contributed by atoms with Crippen molar-refractivity contribution in [3.63, 3.8) is 0 Å². The number of unbranched alkanes of at least 4 members (excludes halogenated alkanes) is 1. The molecule has 1 heterocycles. The summed E-state index contributed by atoms with van der Waals surface area (Å²) in [5.41, 5.74) is 7.59. The van der Waals surface area contributed by atoms with Crippen molar-refractivity contribution in [1.82, 2.24) is 10.3 Å². The summed E-state index contributed by atoms with van der Waals surface area (Å²) < 4.78 is 19.1. The smallest absolute Gasteiger partial charge is 0.252 e. The summed E-state index contributed by atoms with van der Waals surface area (Å²) in [6, 6.07) is 15.4.